The molecule has 2 aromatic heterocycles. The molecule has 4 aromatic rings. The lowest BCUT2D eigenvalue weighted by atomic mass is 9.86. The van der Waals surface area contributed by atoms with Gasteiger partial charge in [-0.05, 0) is 55.8 Å². The van der Waals surface area contributed by atoms with Crippen LogP contribution in [0, 0.1) is 17.1 Å². The molecule has 0 bridgehead atoms. The van der Waals surface area contributed by atoms with Crippen LogP contribution in [0.2, 0.25) is 0 Å². The zero-order valence-corrected chi connectivity index (χ0v) is 15.9. The van der Waals surface area contributed by atoms with Crippen LogP contribution in [0.15, 0.2) is 54.7 Å². The first-order chi connectivity index (χ1) is 13.9. The summed E-state index contributed by atoms with van der Waals surface area (Å²) in [5, 5.41) is 23.2. The molecule has 2 aromatic carbocycles. The molecule has 144 valence electrons. The third-order valence-corrected chi connectivity index (χ3v) is 4.55. The first-order valence-corrected chi connectivity index (χ1v) is 8.97. The van der Waals surface area contributed by atoms with Crippen LogP contribution in [0.4, 0.5) is 27.7 Å². The average molecular weight is 387 g/mol. The maximum Gasteiger partial charge on any atom is 0.229 e. The number of nitrogens with zero attached hydrogens (tertiary/aromatic N) is 4. The summed E-state index contributed by atoms with van der Waals surface area (Å²) < 4.78 is 13.6. The highest BCUT2D eigenvalue weighted by Gasteiger charge is 2.19. The molecule has 4 rings (SSSR count). The second-order valence-electron chi connectivity index (χ2n) is 7.10. The average Bonchev–Trinajstić information content (AvgIpc) is 3.10. The van der Waals surface area contributed by atoms with E-state index in [0.29, 0.717) is 23.0 Å². The monoisotopic (exact) mass is 387 g/mol. The largest absolute Gasteiger partial charge is 0.324 e. The second-order valence-corrected chi connectivity index (χ2v) is 7.10. The third-order valence-electron chi connectivity index (χ3n) is 4.55. The lowest BCUT2D eigenvalue weighted by molar-refractivity contribution is 0.630. The smallest absolute Gasteiger partial charge is 0.229 e. The minimum atomic E-state index is -0.599. The number of nitriles is 1. The summed E-state index contributed by atoms with van der Waals surface area (Å²) in [6.45, 7) is 3.73. The van der Waals surface area contributed by atoms with Gasteiger partial charge >= 0.3 is 0 Å². The van der Waals surface area contributed by atoms with Crippen molar-refractivity contribution in [3.8, 4) is 6.07 Å². The van der Waals surface area contributed by atoms with Gasteiger partial charge in [-0.2, -0.15) is 15.3 Å². The number of aromatic amines is 1. The van der Waals surface area contributed by atoms with Gasteiger partial charge in [0.15, 0.2) is 5.82 Å². The molecule has 0 amide bonds. The fraction of sp³-hybridized carbons (Fsp3) is 0.143. The number of benzene rings is 2. The first-order valence-electron chi connectivity index (χ1n) is 8.97. The molecule has 0 unspecified atom stereocenters. The predicted molar refractivity (Wildman–Crippen MR) is 110 cm³/mol. The minimum Gasteiger partial charge on any atom is -0.324 e. The van der Waals surface area contributed by atoms with Gasteiger partial charge in [0.25, 0.3) is 0 Å². The molecular formula is C21H18FN7. The Kier molecular flexibility index (Phi) is 4.56. The highest BCUT2D eigenvalue weighted by molar-refractivity contribution is 5.91. The molecule has 0 radical (unpaired) electrons. The van der Waals surface area contributed by atoms with Crippen LogP contribution < -0.4 is 10.6 Å². The van der Waals surface area contributed by atoms with E-state index in [-0.39, 0.29) is 5.82 Å². The van der Waals surface area contributed by atoms with Gasteiger partial charge in [-0.3, -0.25) is 5.10 Å². The molecule has 0 fully saturated rings. The molecule has 0 aliphatic heterocycles. The number of nitrogens with one attached hydrogen (secondary N) is 3. The van der Waals surface area contributed by atoms with Crippen LogP contribution in [-0.2, 0) is 5.41 Å². The summed E-state index contributed by atoms with van der Waals surface area (Å²) in [5.41, 5.74) is 1.79. The van der Waals surface area contributed by atoms with Gasteiger partial charge in [0.2, 0.25) is 5.95 Å². The lowest BCUT2D eigenvalue weighted by Gasteiger charge is -2.17. The Morgan fingerprint density at radius 1 is 1.10 bits per heavy atom. The van der Waals surface area contributed by atoms with E-state index in [0.717, 1.165) is 16.8 Å². The standard InChI is InChI=1S/C21H18FN7/c1-21(2,12-23)13-4-3-5-15(10-13)25-20-24-9-8-18(27-20)26-19-16-11-14(22)6-7-17(16)28-29-19/h3-11H,1-2H3,(H3,24,25,26,27,28,29). The molecule has 7 nitrogen and oxygen atoms in total. The first kappa shape index (κ1) is 18.4. The van der Waals surface area contributed by atoms with Crippen molar-refractivity contribution in [2.24, 2.45) is 0 Å². The fourth-order valence-corrected chi connectivity index (χ4v) is 2.87. The van der Waals surface area contributed by atoms with Gasteiger partial charge in [0, 0.05) is 17.3 Å². The van der Waals surface area contributed by atoms with Crippen molar-refractivity contribution in [3.05, 3.63) is 66.1 Å². The van der Waals surface area contributed by atoms with E-state index < -0.39 is 5.41 Å². The topological polar surface area (TPSA) is 102 Å². The highest BCUT2D eigenvalue weighted by atomic mass is 19.1. The van der Waals surface area contributed by atoms with Gasteiger partial charge in [-0.25, -0.2) is 9.37 Å². The summed E-state index contributed by atoms with van der Waals surface area (Å²) in [4.78, 5) is 8.68. The zero-order chi connectivity index (χ0) is 20.4. The van der Waals surface area contributed by atoms with Crippen LogP contribution in [0.1, 0.15) is 19.4 Å². The van der Waals surface area contributed by atoms with Gasteiger partial charge in [0.05, 0.1) is 17.0 Å². The zero-order valence-electron chi connectivity index (χ0n) is 15.9. The van der Waals surface area contributed by atoms with Crippen molar-refractivity contribution in [1.82, 2.24) is 20.2 Å². The molecule has 0 saturated heterocycles. The Hall–Kier alpha value is -3.99. The summed E-state index contributed by atoms with van der Waals surface area (Å²) in [7, 11) is 0. The van der Waals surface area contributed by atoms with E-state index in [2.05, 4.69) is 36.9 Å². The molecule has 8 heteroatoms. The Morgan fingerprint density at radius 3 is 2.79 bits per heavy atom. The van der Waals surface area contributed by atoms with Crippen LogP contribution in [0.5, 0.6) is 0 Å². The summed E-state index contributed by atoms with van der Waals surface area (Å²) in [5.74, 6) is 1.02. The summed E-state index contributed by atoms with van der Waals surface area (Å²) in [6.07, 6.45) is 1.61. The van der Waals surface area contributed by atoms with Gasteiger partial charge in [-0.1, -0.05) is 12.1 Å². The fourth-order valence-electron chi connectivity index (χ4n) is 2.87. The van der Waals surface area contributed by atoms with E-state index >= 15 is 0 Å². The van der Waals surface area contributed by atoms with Crippen molar-refractivity contribution in [2.45, 2.75) is 19.3 Å². The third kappa shape index (κ3) is 3.84. The lowest BCUT2D eigenvalue weighted by Crippen LogP contribution is -2.13. The van der Waals surface area contributed by atoms with Crippen LogP contribution in [0.3, 0.4) is 0 Å². The van der Waals surface area contributed by atoms with E-state index in [1.165, 1.54) is 12.1 Å². The molecule has 0 saturated carbocycles. The summed E-state index contributed by atoms with van der Waals surface area (Å²) >= 11 is 0. The number of H-pyrrole nitrogens is 1. The minimum absolute atomic E-state index is 0.341. The van der Waals surface area contributed by atoms with Crippen LogP contribution >= 0.6 is 0 Å². The van der Waals surface area contributed by atoms with Crippen LogP contribution in [0.25, 0.3) is 10.9 Å². The predicted octanol–water partition coefficient (Wildman–Crippen LogP) is 4.78. The Balaban J connectivity index is 1.57. The number of halogens is 1. The van der Waals surface area contributed by atoms with Crippen molar-refractivity contribution in [2.75, 3.05) is 10.6 Å². The van der Waals surface area contributed by atoms with Crippen molar-refractivity contribution in [1.29, 1.82) is 5.26 Å². The maximum absolute atomic E-state index is 13.6. The Morgan fingerprint density at radius 2 is 1.97 bits per heavy atom. The SMILES string of the molecule is CC(C)(C#N)c1cccc(Nc2nccc(Nc3n[nH]c4ccc(F)cc34)n2)c1. The molecule has 0 spiro atoms. The molecule has 0 atom stereocenters. The number of anilines is 4. The molecule has 3 N–H and O–H groups in total. The normalized spacial score (nSPS) is 11.2. The van der Waals surface area contributed by atoms with Crippen molar-refractivity contribution in [3.63, 3.8) is 0 Å². The van der Waals surface area contributed by atoms with Gasteiger partial charge in [0.1, 0.15) is 11.6 Å². The Labute approximate surface area is 166 Å². The molecule has 2 heterocycles. The number of hydrogen-bond donors (Lipinski definition) is 3. The summed E-state index contributed by atoms with van der Waals surface area (Å²) in [6, 6.07) is 16.0. The van der Waals surface area contributed by atoms with Gasteiger partial charge < -0.3 is 10.6 Å². The molecular weight excluding hydrogens is 369 g/mol. The quantitative estimate of drug-likeness (QED) is 0.455. The van der Waals surface area contributed by atoms with Crippen molar-refractivity contribution < 1.29 is 4.39 Å². The van der Waals surface area contributed by atoms with E-state index in [4.69, 9.17) is 0 Å². The maximum atomic E-state index is 13.6. The number of hydrogen-bond acceptors (Lipinski definition) is 6. The molecule has 0 aliphatic carbocycles. The van der Waals surface area contributed by atoms with E-state index in [1.54, 1.807) is 18.3 Å². The number of rotatable bonds is 5. The number of fused-ring (bicyclic) bond motifs is 1. The van der Waals surface area contributed by atoms with E-state index in [9.17, 15) is 9.65 Å². The molecule has 29 heavy (non-hydrogen) atoms. The highest BCUT2D eigenvalue weighted by Crippen LogP contribution is 2.27. The van der Waals surface area contributed by atoms with Crippen LogP contribution in [-0.4, -0.2) is 20.2 Å². The Bertz CT molecular complexity index is 1220. The second kappa shape index (κ2) is 7.20. The molecule has 0 aliphatic rings. The van der Waals surface area contributed by atoms with Gasteiger partial charge in [-0.15, -0.1) is 0 Å². The van der Waals surface area contributed by atoms with E-state index in [1.807, 2.05) is 38.1 Å². The number of aromatic nitrogens is 4. The van der Waals surface area contributed by atoms with Crippen molar-refractivity contribution >= 4 is 34.2 Å².